The van der Waals surface area contributed by atoms with E-state index in [4.69, 9.17) is 4.74 Å². The van der Waals surface area contributed by atoms with Gasteiger partial charge in [0, 0.05) is 30.0 Å². The minimum absolute atomic E-state index is 0.0262. The van der Waals surface area contributed by atoms with Crippen molar-refractivity contribution in [3.8, 4) is 5.75 Å². The average Bonchev–Trinajstić information content (AvgIpc) is 2.68. The van der Waals surface area contributed by atoms with Crippen LogP contribution in [0.4, 0.5) is 11.4 Å². The molecular formula is C23H29N3O3. The van der Waals surface area contributed by atoms with E-state index in [1.165, 1.54) is 6.42 Å². The maximum absolute atomic E-state index is 12.4. The Morgan fingerprint density at radius 3 is 2.07 bits per heavy atom. The Labute approximate surface area is 172 Å². The lowest BCUT2D eigenvalue weighted by Gasteiger charge is -2.34. The first-order chi connectivity index (χ1) is 13.9. The zero-order valence-electron chi connectivity index (χ0n) is 17.3. The molecule has 6 heteroatoms. The Balaban J connectivity index is 1.52. The van der Waals surface area contributed by atoms with E-state index in [0.717, 1.165) is 18.8 Å². The maximum Gasteiger partial charge on any atom is 0.255 e. The van der Waals surface area contributed by atoms with E-state index in [9.17, 15) is 9.59 Å². The molecular weight excluding hydrogens is 366 g/mol. The van der Waals surface area contributed by atoms with Gasteiger partial charge in [0.1, 0.15) is 5.75 Å². The summed E-state index contributed by atoms with van der Waals surface area (Å²) in [5.74, 6) is 1.74. The number of rotatable bonds is 6. The van der Waals surface area contributed by atoms with Crippen LogP contribution in [0.2, 0.25) is 0 Å². The van der Waals surface area contributed by atoms with E-state index in [0.29, 0.717) is 35.3 Å². The van der Waals surface area contributed by atoms with Crippen LogP contribution in [0.3, 0.4) is 0 Å². The molecule has 0 bridgehead atoms. The quantitative estimate of drug-likeness (QED) is 0.779. The number of nitrogens with one attached hydrogen (secondary N) is 2. The third kappa shape index (κ3) is 6.06. The second kappa shape index (κ2) is 9.56. The summed E-state index contributed by atoms with van der Waals surface area (Å²) < 4.78 is 5.11. The molecule has 0 aliphatic carbocycles. The van der Waals surface area contributed by atoms with Crippen molar-refractivity contribution in [3.63, 3.8) is 0 Å². The molecule has 2 aromatic rings. The SMILES string of the molecule is COc1ccc(NC(=O)c2ccc(NC(=O)CN3C[C@@H](C)C[C@H](C)C3)cc2)cc1. The van der Waals surface area contributed by atoms with Gasteiger partial charge in [-0.05, 0) is 66.8 Å². The molecule has 3 rings (SSSR count). The lowest BCUT2D eigenvalue weighted by molar-refractivity contribution is -0.117. The van der Waals surface area contributed by atoms with E-state index in [1.807, 2.05) is 0 Å². The third-order valence-electron chi connectivity index (χ3n) is 5.09. The van der Waals surface area contributed by atoms with Gasteiger partial charge < -0.3 is 15.4 Å². The van der Waals surface area contributed by atoms with E-state index < -0.39 is 0 Å². The molecule has 2 aromatic carbocycles. The predicted octanol–water partition coefficient (Wildman–Crippen LogP) is 3.86. The fourth-order valence-electron chi connectivity index (χ4n) is 3.91. The number of piperidine rings is 1. The highest BCUT2D eigenvalue weighted by Crippen LogP contribution is 2.21. The van der Waals surface area contributed by atoms with Crippen molar-refractivity contribution in [1.82, 2.24) is 4.90 Å². The third-order valence-corrected chi connectivity index (χ3v) is 5.09. The van der Waals surface area contributed by atoms with Gasteiger partial charge in [0.05, 0.1) is 13.7 Å². The number of hydrogen-bond acceptors (Lipinski definition) is 4. The number of methoxy groups -OCH3 is 1. The van der Waals surface area contributed by atoms with Crippen LogP contribution in [-0.2, 0) is 4.79 Å². The molecule has 2 N–H and O–H groups in total. The van der Waals surface area contributed by atoms with E-state index in [1.54, 1.807) is 55.6 Å². The van der Waals surface area contributed by atoms with Crippen molar-refractivity contribution in [1.29, 1.82) is 0 Å². The molecule has 154 valence electrons. The first-order valence-electron chi connectivity index (χ1n) is 10.0. The van der Waals surface area contributed by atoms with Gasteiger partial charge >= 0.3 is 0 Å². The predicted molar refractivity (Wildman–Crippen MR) is 115 cm³/mol. The lowest BCUT2D eigenvalue weighted by Crippen LogP contribution is -2.42. The largest absolute Gasteiger partial charge is 0.497 e. The Bertz CT molecular complexity index is 823. The summed E-state index contributed by atoms with van der Waals surface area (Å²) in [5, 5.41) is 5.76. The summed E-state index contributed by atoms with van der Waals surface area (Å²) in [6.07, 6.45) is 1.22. The van der Waals surface area contributed by atoms with Gasteiger partial charge in [-0.3, -0.25) is 14.5 Å². The van der Waals surface area contributed by atoms with Crippen LogP contribution < -0.4 is 15.4 Å². The first-order valence-corrected chi connectivity index (χ1v) is 10.0. The fraction of sp³-hybridized carbons (Fsp3) is 0.391. The Kier molecular flexibility index (Phi) is 6.88. The first kappa shape index (κ1) is 20.9. The Hall–Kier alpha value is -2.86. The average molecular weight is 396 g/mol. The van der Waals surface area contributed by atoms with Crippen molar-refractivity contribution in [2.75, 3.05) is 37.4 Å². The van der Waals surface area contributed by atoms with Crippen molar-refractivity contribution in [2.45, 2.75) is 20.3 Å². The monoisotopic (exact) mass is 395 g/mol. The number of anilines is 2. The molecule has 0 saturated carbocycles. The molecule has 0 aromatic heterocycles. The normalized spacial score (nSPS) is 19.4. The van der Waals surface area contributed by atoms with Crippen LogP contribution in [0.1, 0.15) is 30.6 Å². The zero-order valence-corrected chi connectivity index (χ0v) is 17.3. The summed E-state index contributed by atoms with van der Waals surface area (Å²) in [6, 6.07) is 14.1. The minimum atomic E-state index is -0.204. The molecule has 0 unspecified atom stereocenters. The highest BCUT2D eigenvalue weighted by atomic mass is 16.5. The highest BCUT2D eigenvalue weighted by Gasteiger charge is 2.23. The molecule has 0 spiro atoms. The van der Waals surface area contributed by atoms with Crippen molar-refractivity contribution in [3.05, 3.63) is 54.1 Å². The Morgan fingerprint density at radius 1 is 0.931 bits per heavy atom. The van der Waals surface area contributed by atoms with Gasteiger partial charge in [-0.15, -0.1) is 0 Å². The van der Waals surface area contributed by atoms with Gasteiger partial charge in [0.25, 0.3) is 5.91 Å². The molecule has 2 atom stereocenters. The maximum atomic E-state index is 12.4. The number of carbonyl (C=O) groups excluding carboxylic acids is 2. The number of carbonyl (C=O) groups is 2. The van der Waals surface area contributed by atoms with Gasteiger partial charge in [-0.2, -0.15) is 0 Å². The number of hydrogen-bond donors (Lipinski definition) is 2. The van der Waals surface area contributed by atoms with Gasteiger partial charge in [-0.25, -0.2) is 0 Å². The molecule has 29 heavy (non-hydrogen) atoms. The molecule has 2 amide bonds. The number of benzene rings is 2. The zero-order chi connectivity index (χ0) is 20.8. The summed E-state index contributed by atoms with van der Waals surface area (Å²) in [4.78, 5) is 27.0. The summed E-state index contributed by atoms with van der Waals surface area (Å²) in [7, 11) is 1.60. The molecule has 0 radical (unpaired) electrons. The lowest BCUT2D eigenvalue weighted by atomic mass is 9.92. The molecule has 1 heterocycles. The molecule has 1 fully saturated rings. The number of nitrogens with zero attached hydrogens (tertiary/aromatic N) is 1. The number of ether oxygens (including phenoxy) is 1. The van der Waals surface area contributed by atoms with E-state index in [2.05, 4.69) is 29.4 Å². The highest BCUT2D eigenvalue weighted by molar-refractivity contribution is 6.04. The standard InChI is InChI=1S/C23H29N3O3/c1-16-12-17(2)14-26(13-16)15-22(27)24-19-6-4-18(5-7-19)23(28)25-20-8-10-21(29-3)11-9-20/h4-11,16-17H,12-15H2,1-3H3,(H,24,27)(H,25,28)/t16-,17-/m0/s1. The van der Waals surface area contributed by atoms with Crippen LogP contribution in [-0.4, -0.2) is 43.5 Å². The Morgan fingerprint density at radius 2 is 1.48 bits per heavy atom. The molecule has 1 saturated heterocycles. The number of amides is 2. The van der Waals surface area contributed by atoms with Gasteiger partial charge in [0.2, 0.25) is 5.91 Å². The number of likely N-dealkylation sites (tertiary alicyclic amines) is 1. The van der Waals surface area contributed by atoms with Crippen LogP contribution in [0.25, 0.3) is 0 Å². The second-order valence-electron chi connectivity index (χ2n) is 7.95. The van der Waals surface area contributed by atoms with Gasteiger partial charge in [0.15, 0.2) is 0 Å². The van der Waals surface area contributed by atoms with E-state index >= 15 is 0 Å². The fourth-order valence-corrected chi connectivity index (χ4v) is 3.91. The van der Waals surface area contributed by atoms with Crippen LogP contribution in [0.15, 0.2) is 48.5 Å². The molecule has 6 nitrogen and oxygen atoms in total. The topological polar surface area (TPSA) is 70.7 Å². The van der Waals surface area contributed by atoms with Crippen LogP contribution in [0.5, 0.6) is 5.75 Å². The van der Waals surface area contributed by atoms with Crippen molar-refractivity contribution < 1.29 is 14.3 Å². The smallest absolute Gasteiger partial charge is 0.255 e. The van der Waals surface area contributed by atoms with Crippen molar-refractivity contribution in [2.24, 2.45) is 11.8 Å². The van der Waals surface area contributed by atoms with Gasteiger partial charge in [-0.1, -0.05) is 13.8 Å². The van der Waals surface area contributed by atoms with Crippen LogP contribution in [0, 0.1) is 11.8 Å². The minimum Gasteiger partial charge on any atom is -0.497 e. The summed E-state index contributed by atoms with van der Waals surface area (Å²) in [5.41, 5.74) is 1.91. The molecule has 1 aliphatic heterocycles. The van der Waals surface area contributed by atoms with Crippen molar-refractivity contribution >= 4 is 23.2 Å². The molecule has 1 aliphatic rings. The van der Waals surface area contributed by atoms with E-state index in [-0.39, 0.29) is 11.8 Å². The summed E-state index contributed by atoms with van der Waals surface area (Å²) >= 11 is 0. The second-order valence-corrected chi connectivity index (χ2v) is 7.95. The van der Waals surface area contributed by atoms with Crippen LogP contribution >= 0.6 is 0 Å². The summed E-state index contributed by atoms with van der Waals surface area (Å²) in [6.45, 7) is 6.78.